The van der Waals surface area contributed by atoms with E-state index in [4.69, 9.17) is 5.11 Å². The molecule has 19 heavy (non-hydrogen) atoms. The molecule has 1 unspecified atom stereocenters. The minimum Gasteiger partial charge on any atom is -0.480 e. The molecule has 0 heterocycles. The monoisotopic (exact) mass is 285 g/mol. The summed E-state index contributed by atoms with van der Waals surface area (Å²) in [7, 11) is -3.85. The van der Waals surface area contributed by atoms with Crippen LogP contribution in [0.25, 0.3) is 0 Å². The summed E-state index contributed by atoms with van der Waals surface area (Å²) < 4.78 is 26.7. The van der Waals surface area contributed by atoms with E-state index in [0.29, 0.717) is 0 Å². The molecule has 1 atom stereocenters. The van der Waals surface area contributed by atoms with Crippen LogP contribution < -0.4 is 4.72 Å². The highest BCUT2D eigenvalue weighted by molar-refractivity contribution is 7.89. The van der Waals surface area contributed by atoms with Crippen LogP contribution in [0.3, 0.4) is 0 Å². The van der Waals surface area contributed by atoms with Crippen molar-refractivity contribution in [2.24, 2.45) is 0 Å². The van der Waals surface area contributed by atoms with E-state index in [0.717, 1.165) is 11.1 Å². The summed E-state index contributed by atoms with van der Waals surface area (Å²) in [6.07, 6.45) is 0.159. The number of aryl methyl sites for hydroxylation is 2. The number of carboxylic acids is 1. The largest absolute Gasteiger partial charge is 0.480 e. The van der Waals surface area contributed by atoms with Crippen molar-refractivity contribution >= 4 is 16.0 Å². The van der Waals surface area contributed by atoms with E-state index in [1.807, 2.05) is 6.07 Å². The predicted octanol–water partition coefficient (Wildman–Crippen LogP) is 1.84. The zero-order chi connectivity index (χ0) is 14.8. The molecule has 0 bridgehead atoms. The normalized spacial score (nSPS) is 14.9. The van der Waals surface area contributed by atoms with E-state index in [-0.39, 0.29) is 11.3 Å². The predicted molar refractivity (Wildman–Crippen MR) is 72.6 cm³/mol. The third-order valence-corrected chi connectivity index (χ3v) is 4.62. The van der Waals surface area contributed by atoms with E-state index in [1.165, 1.54) is 19.1 Å². The summed E-state index contributed by atoms with van der Waals surface area (Å²) in [6.45, 7) is 6.57. The molecule has 0 aromatic heterocycles. The van der Waals surface area contributed by atoms with Crippen molar-refractivity contribution in [1.29, 1.82) is 0 Å². The topological polar surface area (TPSA) is 83.5 Å². The van der Waals surface area contributed by atoms with Gasteiger partial charge < -0.3 is 5.11 Å². The number of sulfonamides is 1. The number of hydrogen-bond donors (Lipinski definition) is 2. The van der Waals surface area contributed by atoms with Crippen molar-refractivity contribution in [1.82, 2.24) is 4.72 Å². The average molecular weight is 285 g/mol. The quantitative estimate of drug-likeness (QED) is 0.864. The molecule has 106 valence electrons. The van der Waals surface area contributed by atoms with E-state index in [2.05, 4.69) is 4.72 Å². The van der Waals surface area contributed by atoms with Crippen molar-refractivity contribution in [2.45, 2.75) is 44.6 Å². The molecule has 0 aliphatic rings. The van der Waals surface area contributed by atoms with E-state index >= 15 is 0 Å². The number of aliphatic carboxylic acids is 1. The van der Waals surface area contributed by atoms with Crippen molar-refractivity contribution < 1.29 is 18.3 Å². The summed E-state index contributed by atoms with van der Waals surface area (Å²) in [6, 6.07) is 4.90. The van der Waals surface area contributed by atoms with Crippen LogP contribution in [-0.4, -0.2) is 25.0 Å². The number of benzene rings is 1. The Labute approximate surface area is 113 Å². The molecule has 0 aliphatic heterocycles. The molecule has 1 rings (SSSR count). The molecule has 0 aliphatic carbocycles. The Kier molecular flexibility index (Phi) is 4.37. The van der Waals surface area contributed by atoms with Crippen molar-refractivity contribution in [3.8, 4) is 0 Å². The fraction of sp³-hybridized carbons (Fsp3) is 0.462. The van der Waals surface area contributed by atoms with Crippen LogP contribution in [0.4, 0.5) is 0 Å². The van der Waals surface area contributed by atoms with E-state index < -0.39 is 21.5 Å². The fourth-order valence-electron chi connectivity index (χ4n) is 1.71. The fourth-order valence-corrected chi connectivity index (χ4v) is 3.34. The maximum Gasteiger partial charge on any atom is 0.324 e. The van der Waals surface area contributed by atoms with Gasteiger partial charge in [-0.1, -0.05) is 13.0 Å². The third-order valence-electron chi connectivity index (χ3n) is 3.04. The van der Waals surface area contributed by atoms with Gasteiger partial charge in [-0.25, -0.2) is 8.42 Å². The molecule has 6 heteroatoms. The standard InChI is InChI=1S/C13H19NO4S/c1-5-13(4,12(15)16)14-19(17,18)11-7-9(2)6-10(3)8-11/h6-8,14H,5H2,1-4H3,(H,15,16). The lowest BCUT2D eigenvalue weighted by molar-refractivity contribution is -0.143. The van der Waals surface area contributed by atoms with Gasteiger partial charge in [-0.3, -0.25) is 4.79 Å². The third kappa shape index (κ3) is 3.54. The molecule has 0 amide bonds. The molecule has 5 nitrogen and oxygen atoms in total. The Hall–Kier alpha value is -1.40. The van der Waals surface area contributed by atoms with Gasteiger partial charge >= 0.3 is 5.97 Å². The lowest BCUT2D eigenvalue weighted by atomic mass is 10.0. The molecule has 1 aromatic carbocycles. The molecule has 1 aromatic rings. The second-order valence-corrected chi connectivity index (χ2v) is 6.60. The maximum atomic E-state index is 12.2. The van der Waals surface area contributed by atoms with Crippen LogP contribution >= 0.6 is 0 Å². The van der Waals surface area contributed by atoms with Crippen LogP contribution in [0.2, 0.25) is 0 Å². The second-order valence-electron chi connectivity index (χ2n) is 4.92. The van der Waals surface area contributed by atoms with Gasteiger partial charge in [-0.05, 0) is 50.5 Å². The van der Waals surface area contributed by atoms with Crippen LogP contribution in [0.5, 0.6) is 0 Å². The lowest BCUT2D eigenvalue weighted by Crippen LogP contribution is -2.51. The summed E-state index contributed by atoms with van der Waals surface area (Å²) >= 11 is 0. The number of hydrogen-bond acceptors (Lipinski definition) is 3. The van der Waals surface area contributed by atoms with Gasteiger partial charge in [0.05, 0.1) is 4.90 Å². The molecular weight excluding hydrogens is 266 g/mol. The van der Waals surface area contributed by atoms with Gasteiger partial charge in [0.25, 0.3) is 0 Å². The van der Waals surface area contributed by atoms with Gasteiger partial charge in [-0.15, -0.1) is 0 Å². The van der Waals surface area contributed by atoms with Crippen LogP contribution in [0.15, 0.2) is 23.1 Å². The van der Waals surface area contributed by atoms with E-state index in [9.17, 15) is 13.2 Å². The Balaban J connectivity index is 3.21. The highest BCUT2D eigenvalue weighted by Gasteiger charge is 2.36. The Bertz CT molecular complexity index is 574. The number of rotatable bonds is 5. The van der Waals surface area contributed by atoms with Gasteiger partial charge in [-0.2, -0.15) is 4.72 Å². The van der Waals surface area contributed by atoms with Gasteiger partial charge in [0.15, 0.2) is 0 Å². The minimum absolute atomic E-state index is 0.0888. The summed E-state index contributed by atoms with van der Waals surface area (Å²) in [4.78, 5) is 11.3. The van der Waals surface area contributed by atoms with Crippen LogP contribution in [0, 0.1) is 13.8 Å². The molecular formula is C13H19NO4S. The second kappa shape index (κ2) is 5.30. The van der Waals surface area contributed by atoms with Gasteiger partial charge in [0.1, 0.15) is 5.54 Å². The summed E-state index contributed by atoms with van der Waals surface area (Å²) in [5, 5.41) is 9.12. The van der Waals surface area contributed by atoms with Crippen molar-refractivity contribution in [3.05, 3.63) is 29.3 Å². The van der Waals surface area contributed by atoms with Gasteiger partial charge in [0, 0.05) is 0 Å². The summed E-state index contributed by atoms with van der Waals surface area (Å²) in [5.74, 6) is -1.19. The summed E-state index contributed by atoms with van der Waals surface area (Å²) in [5.41, 5.74) is 0.124. The molecule has 0 fully saturated rings. The first-order valence-electron chi connectivity index (χ1n) is 5.96. The zero-order valence-electron chi connectivity index (χ0n) is 11.5. The minimum atomic E-state index is -3.85. The molecule has 2 N–H and O–H groups in total. The SMILES string of the molecule is CCC(C)(NS(=O)(=O)c1cc(C)cc(C)c1)C(=O)O. The first-order valence-corrected chi connectivity index (χ1v) is 7.45. The van der Waals surface area contributed by atoms with Crippen LogP contribution in [0.1, 0.15) is 31.4 Å². The first-order chi connectivity index (χ1) is 8.60. The van der Waals surface area contributed by atoms with Crippen LogP contribution in [-0.2, 0) is 14.8 Å². The molecule has 0 saturated heterocycles. The van der Waals surface area contributed by atoms with Crippen molar-refractivity contribution in [3.63, 3.8) is 0 Å². The zero-order valence-corrected chi connectivity index (χ0v) is 12.3. The molecule has 0 saturated carbocycles. The highest BCUT2D eigenvalue weighted by Crippen LogP contribution is 2.18. The highest BCUT2D eigenvalue weighted by atomic mass is 32.2. The molecule has 0 radical (unpaired) electrons. The number of carboxylic acid groups (broad SMARTS) is 1. The number of carbonyl (C=O) groups is 1. The average Bonchev–Trinajstić information content (AvgIpc) is 2.26. The Morgan fingerprint density at radius 1 is 1.26 bits per heavy atom. The Morgan fingerprint density at radius 2 is 1.74 bits per heavy atom. The van der Waals surface area contributed by atoms with Gasteiger partial charge in [0.2, 0.25) is 10.0 Å². The Morgan fingerprint density at radius 3 is 2.11 bits per heavy atom. The van der Waals surface area contributed by atoms with Crippen molar-refractivity contribution in [2.75, 3.05) is 0 Å². The van der Waals surface area contributed by atoms with E-state index in [1.54, 1.807) is 20.8 Å². The molecule has 0 spiro atoms. The lowest BCUT2D eigenvalue weighted by Gasteiger charge is -2.24. The smallest absolute Gasteiger partial charge is 0.324 e. The first kappa shape index (κ1) is 15.7. The number of nitrogens with one attached hydrogen (secondary N) is 1. The maximum absolute atomic E-state index is 12.2.